The topological polar surface area (TPSA) is 61.9 Å². The number of hydrogen-bond acceptors (Lipinski definition) is 4. The maximum atomic E-state index is 13.8. The lowest BCUT2D eigenvalue weighted by atomic mass is 10.0. The van der Waals surface area contributed by atoms with Crippen molar-refractivity contribution in [1.82, 2.24) is 15.1 Å². The molecule has 1 atom stereocenters. The van der Waals surface area contributed by atoms with Gasteiger partial charge in [-0.2, -0.15) is 0 Å². The molecule has 0 spiro atoms. The number of nitrogens with one attached hydrogen (secondary N) is 1. The summed E-state index contributed by atoms with van der Waals surface area (Å²) >= 11 is 0. The summed E-state index contributed by atoms with van der Waals surface area (Å²) in [6.45, 7) is 4.49. The lowest BCUT2D eigenvalue weighted by Gasteiger charge is -2.35. The number of benzene rings is 2. The number of halogens is 1. The third kappa shape index (κ3) is 5.48. The van der Waals surface area contributed by atoms with Gasteiger partial charge >= 0.3 is 0 Å². The van der Waals surface area contributed by atoms with Crippen LogP contribution in [0.3, 0.4) is 0 Å². The first-order chi connectivity index (χ1) is 15.1. The highest BCUT2D eigenvalue weighted by atomic mass is 19.1. The smallest absolute Gasteiger partial charge is 0.251 e. The van der Waals surface area contributed by atoms with Crippen molar-refractivity contribution in [3.05, 3.63) is 71.0 Å². The average molecular weight is 426 g/mol. The Kier molecular flexibility index (Phi) is 6.94. The van der Waals surface area contributed by atoms with Gasteiger partial charge in [0.15, 0.2) is 0 Å². The molecule has 2 aromatic rings. The SMILES string of the molecule is O=C(NCC(c1cccc(F)c1)N1CCOCC1)c1ccc(CN2CCCC2=O)cc1. The molecule has 0 saturated carbocycles. The number of ether oxygens (including phenoxy) is 1. The van der Waals surface area contributed by atoms with Crippen LogP contribution in [-0.2, 0) is 16.1 Å². The van der Waals surface area contributed by atoms with E-state index < -0.39 is 0 Å². The summed E-state index contributed by atoms with van der Waals surface area (Å²) in [7, 11) is 0. The van der Waals surface area contributed by atoms with Crippen molar-refractivity contribution in [2.24, 2.45) is 0 Å². The third-order valence-corrected chi connectivity index (χ3v) is 5.94. The predicted molar refractivity (Wildman–Crippen MR) is 115 cm³/mol. The van der Waals surface area contributed by atoms with Gasteiger partial charge in [-0.3, -0.25) is 14.5 Å². The van der Waals surface area contributed by atoms with Gasteiger partial charge in [-0.25, -0.2) is 4.39 Å². The zero-order valence-corrected chi connectivity index (χ0v) is 17.6. The predicted octanol–water partition coefficient (Wildman–Crippen LogP) is 2.75. The van der Waals surface area contributed by atoms with E-state index in [1.165, 1.54) is 12.1 Å². The molecule has 2 aliphatic rings. The molecule has 1 N–H and O–H groups in total. The van der Waals surface area contributed by atoms with Crippen molar-refractivity contribution in [2.45, 2.75) is 25.4 Å². The van der Waals surface area contributed by atoms with Crippen molar-refractivity contribution < 1.29 is 18.7 Å². The third-order valence-electron chi connectivity index (χ3n) is 5.94. The van der Waals surface area contributed by atoms with E-state index in [9.17, 15) is 14.0 Å². The fraction of sp³-hybridized carbons (Fsp3) is 0.417. The fourth-order valence-corrected chi connectivity index (χ4v) is 4.21. The Bertz CT molecular complexity index is 913. The summed E-state index contributed by atoms with van der Waals surface area (Å²) in [5.74, 6) is -0.263. The quantitative estimate of drug-likeness (QED) is 0.741. The van der Waals surface area contributed by atoms with E-state index in [-0.39, 0.29) is 23.7 Å². The summed E-state index contributed by atoms with van der Waals surface area (Å²) in [5.41, 5.74) is 2.42. The van der Waals surface area contributed by atoms with E-state index in [1.54, 1.807) is 18.2 Å². The van der Waals surface area contributed by atoms with Crippen molar-refractivity contribution in [3.8, 4) is 0 Å². The van der Waals surface area contributed by atoms with Gasteiger partial charge in [-0.1, -0.05) is 24.3 Å². The molecule has 2 fully saturated rings. The van der Waals surface area contributed by atoms with Gasteiger partial charge in [0.2, 0.25) is 5.91 Å². The first kappa shape index (κ1) is 21.5. The number of carbonyl (C=O) groups is 2. The highest BCUT2D eigenvalue weighted by Gasteiger charge is 2.24. The molecular formula is C24H28FN3O3. The summed E-state index contributed by atoms with van der Waals surface area (Å²) in [5, 5.41) is 3.01. The largest absolute Gasteiger partial charge is 0.379 e. The minimum absolute atomic E-state index is 0.121. The Labute approximate surface area is 182 Å². The van der Waals surface area contributed by atoms with Crippen LogP contribution in [0.25, 0.3) is 0 Å². The van der Waals surface area contributed by atoms with E-state index in [0.717, 1.165) is 37.2 Å². The van der Waals surface area contributed by atoms with Gasteiger partial charge in [0, 0.05) is 44.7 Å². The molecule has 0 radical (unpaired) electrons. The van der Waals surface area contributed by atoms with Crippen LogP contribution in [0.1, 0.15) is 40.4 Å². The molecule has 1 unspecified atom stereocenters. The second kappa shape index (κ2) is 10.0. The minimum atomic E-state index is -0.283. The van der Waals surface area contributed by atoms with E-state index in [2.05, 4.69) is 10.2 Å². The maximum absolute atomic E-state index is 13.8. The second-order valence-electron chi connectivity index (χ2n) is 8.04. The van der Waals surface area contributed by atoms with Crippen molar-refractivity contribution >= 4 is 11.8 Å². The normalized spacial score (nSPS) is 18.2. The van der Waals surface area contributed by atoms with Crippen molar-refractivity contribution in [2.75, 3.05) is 39.4 Å². The first-order valence-corrected chi connectivity index (χ1v) is 10.8. The second-order valence-corrected chi connectivity index (χ2v) is 8.04. The van der Waals surface area contributed by atoms with Gasteiger partial charge in [-0.05, 0) is 41.8 Å². The van der Waals surface area contributed by atoms with Crippen LogP contribution in [0.15, 0.2) is 48.5 Å². The number of nitrogens with zero attached hydrogens (tertiary/aromatic N) is 2. The molecule has 0 aliphatic carbocycles. The summed E-state index contributed by atoms with van der Waals surface area (Å²) in [6, 6.07) is 13.8. The number of morpholine rings is 1. The fourth-order valence-electron chi connectivity index (χ4n) is 4.21. The molecule has 2 amide bonds. The molecule has 7 heteroatoms. The van der Waals surface area contributed by atoms with Crippen LogP contribution in [-0.4, -0.2) is 61.0 Å². The number of rotatable bonds is 7. The molecule has 0 bridgehead atoms. The van der Waals surface area contributed by atoms with Gasteiger partial charge in [0.1, 0.15) is 5.82 Å². The van der Waals surface area contributed by atoms with Crippen molar-refractivity contribution in [3.63, 3.8) is 0 Å². The summed E-state index contributed by atoms with van der Waals surface area (Å²) in [4.78, 5) is 28.6. The van der Waals surface area contributed by atoms with Crippen LogP contribution < -0.4 is 5.32 Å². The van der Waals surface area contributed by atoms with E-state index in [1.807, 2.05) is 23.1 Å². The maximum Gasteiger partial charge on any atom is 0.251 e. The highest BCUT2D eigenvalue weighted by Crippen LogP contribution is 2.22. The lowest BCUT2D eigenvalue weighted by molar-refractivity contribution is -0.128. The van der Waals surface area contributed by atoms with Crippen LogP contribution >= 0.6 is 0 Å². The number of likely N-dealkylation sites (tertiary alicyclic amines) is 1. The van der Waals surface area contributed by atoms with Gasteiger partial charge in [0.25, 0.3) is 5.91 Å². The molecule has 2 aromatic carbocycles. The van der Waals surface area contributed by atoms with E-state index in [4.69, 9.17) is 4.74 Å². The molecular weight excluding hydrogens is 397 g/mol. The summed E-state index contributed by atoms with van der Waals surface area (Å²) < 4.78 is 19.3. The van der Waals surface area contributed by atoms with Gasteiger partial charge in [-0.15, -0.1) is 0 Å². The Morgan fingerprint density at radius 1 is 1.10 bits per heavy atom. The Morgan fingerprint density at radius 3 is 2.55 bits per heavy atom. The highest BCUT2D eigenvalue weighted by molar-refractivity contribution is 5.94. The van der Waals surface area contributed by atoms with E-state index in [0.29, 0.717) is 38.3 Å². The van der Waals surface area contributed by atoms with Crippen LogP contribution in [0, 0.1) is 5.82 Å². The number of carbonyl (C=O) groups excluding carboxylic acids is 2. The van der Waals surface area contributed by atoms with Crippen LogP contribution in [0.2, 0.25) is 0 Å². The zero-order chi connectivity index (χ0) is 21.6. The Balaban J connectivity index is 1.39. The Hall–Kier alpha value is -2.77. The average Bonchev–Trinajstić information content (AvgIpc) is 3.19. The monoisotopic (exact) mass is 425 g/mol. The molecule has 164 valence electrons. The van der Waals surface area contributed by atoms with E-state index >= 15 is 0 Å². The molecule has 6 nitrogen and oxygen atoms in total. The molecule has 0 aromatic heterocycles. The molecule has 2 heterocycles. The van der Waals surface area contributed by atoms with Crippen molar-refractivity contribution in [1.29, 1.82) is 0 Å². The standard InChI is InChI=1S/C24H28FN3O3/c25-21-4-1-3-20(15-21)22(27-11-13-31-14-12-27)16-26-24(30)19-8-6-18(7-9-19)17-28-10-2-5-23(28)29/h1,3-4,6-9,15,22H,2,5,10-14,16-17H2,(H,26,30). The molecule has 31 heavy (non-hydrogen) atoms. The number of hydrogen-bond donors (Lipinski definition) is 1. The van der Waals surface area contributed by atoms with Gasteiger partial charge < -0.3 is 15.0 Å². The molecule has 2 aliphatic heterocycles. The molecule has 4 rings (SSSR count). The van der Waals surface area contributed by atoms with Crippen LogP contribution in [0.5, 0.6) is 0 Å². The summed E-state index contributed by atoms with van der Waals surface area (Å²) in [6.07, 6.45) is 1.53. The minimum Gasteiger partial charge on any atom is -0.379 e. The lowest BCUT2D eigenvalue weighted by Crippen LogP contribution is -2.43. The first-order valence-electron chi connectivity index (χ1n) is 10.8. The Morgan fingerprint density at radius 2 is 1.87 bits per heavy atom. The van der Waals surface area contributed by atoms with Gasteiger partial charge in [0.05, 0.1) is 19.3 Å². The molecule has 2 saturated heterocycles. The zero-order valence-electron chi connectivity index (χ0n) is 17.6. The number of amides is 2. The van der Waals surface area contributed by atoms with Crippen LogP contribution in [0.4, 0.5) is 4.39 Å².